The summed E-state index contributed by atoms with van der Waals surface area (Å²) >= 11 is 1.52. The van der Waals surface area contributed by atoms with E-state index in [0.717, 1.165) is 35.8 Å². The molecule has 2 aromatic rings. The van der Waals surface area contributed by atoms with Gasteiger partial charge < -0.3 is 10.2 Å². The summed E-state index contributed by atoms with van der Waals surface area (Å²) in [6, 6.07) is 5.74. The van der Waals surface area contributed by atoms with Crippen LogP contribution in [0.15, 0.2) is 29.8 Å². The maximum Gasteiger partial charge on any atom is 0.226 e. The largest absolute Gasteiger partial charge is 0.351 e. The van der Waals surface area contributed by atoms with E-state index in [0.29, 0.717) is 6.42 Å². The Morgan fingerprint density at radius 3 is 2.79 bits per heavy atom. The zero-order valence-corrected chi connectivity index (χ0v) is 15.7. The maximum absolute atomic E-state index is 12.3. The fraction of sp³-hybridized carbons (Fsp3) is 0.500. The Labute approximate surface area is 148 Å². The second-order valence-corrected chi connectivity index (χ2v) is 7.73. The van der Waals surface area contributed by atoms with E-state index in [1.54, 1.807) is 6.20 Å². The minimum Gasteiger partial charge on any atom is -0.351 e. The first kappa shape index (κ1) is 18.5. The van der Waals surface area contributed by atoms with E-state index in [-0.39, 0.29) is 11.4 Å². The van der Waals surface area contributed by atoms with Crippen molar-refractivity contribution in [3.63, 3.8) is 0 Å². The van der Waals surface area contributed by atoms with E-state index in [4.69, 9.17) is 0 Å². The lowest BCUT2D eigenvalue weighted by molar-refractivity contribution is -0.122. The Morgan fingerprint density at radius 2 is 2.12 bits per heavy atom. The molecule has 2 rings (SSSR count). The van der Waals surface area contributed by atoms with Crippen molar-refractivity contribution in [2.75, 3.05) is 20.6 Å². The van der Waals surface area contributed by atoms with Crippen LogP contribution >= 0.6 is 11.3 Å². The molecule has 130 valence electrons. The molecule has 0 radical (unpaired) electrons. The molecule has 0 aliphatic rings. The zero-order chi connectivity index (χ0) is 17.6. The number of rotatable bonds is 8. The van der Waals surface area contributed by atoms with Gasteiger partial charge >= 0.3 is 0 Å². The van der Waals surface area contributed by atoms with Crippen molar-refractivity contribution in [2.45, 2.75) is 38.6 Å². The van der Waals surface area contributed by atoms with Gasteiger partial charge in [0.25, 0.3) is 0 Å². The van der Waals surface area contributed by atoms with Gasteiger partial charge in [-0.05, 0) is 59.5 Å². The number of nitrogens with zero attached hydrogens (tertiary/aromatic N) is 3. The van der Waals surface area contributed by atoms with Crippen LogP contribution in [-0.2, 0) is 11.2 Å². The lowest BCUT2D eigenvalue weighted by Crippen LogP contribution is -2.44. The first-order chi connectivity index (χ1) is 11.4. The molecule has 0 bridgehead atoms. The molecule has 2 aromatic heterocycles. The number of hydrogen-bond acceptors (Lipinski definition) is 5. The standard InChI is InChI=1S/C18H26N4OS/c1-18(2,9-7-11-22(3)4)21-16(23)12-14-13-24-17(20-14)15-8-5-6-10-19-15/h5-6,8,10,13H,7,9,11-12H2,1-4H3,(H,21,23). The Bertz CT molecular complexity index is 652. The van der Waals surface area contributed by atoms with Gasteiger partial charge in [-0.1, -0.05) is 6.07 Å². The van der Waals surface area contributed by atoms with Gasteiger partial charge in [0.15, 0.2) is 0 Å². The summed E-state index contributed by atoms with van der Waals surface area (Å²) in [5.41, 5.74) is 1.44. The van der Waals surface area contributed by atoms with Crippen molar-refractivity contribution in [2.24, 2.45) is 0 Å². The number of aromatic nitrogens is 2. The van der Waals surface area contributed by atoms with Crippen LogP contribution in [-0.4, -0.2) is 47.0 Å². The Hall–Kier alpha value is -1.79. The van der Waals surface area contributed by atoms with Crippen molar-refractivity contribution in [3.8, 4) is 10.7 Å². The van der Waals surface area contributed by atoms with Crippen LogP contribution in [0.3, 0.4) is 0 Å². The smallest absolute Gasteiger partial charge is 0.226 e. The molecule has 0 atom stereocenters. The molecule has 5 nitrogen and oxygen atoms in total. The van der Waals surface area contributed by atoms with Gasteiger partial charge in [-0.25, -0.2) is 4.98 Å². The molecule has 6 heteroatoms. The maximum atomic E-state index is 12.3. The fourth-order valence-corrected chi connectivity index (χ4v) is 3.28. The number of amides is 1. The first-order valence-electron chi connectivity index (χ1n) is 8.17. The lowest BCUT2D eigenvalue weighted by atomic mass is 9.98. The molecule has 0 fully saturated rings. The summed E-state index contributed by atoms with van der Waals surface area (Å²) in [7, 11) is 4.12. The van der Waals surface area contributed by atoms with Gasteiger partial charge in [0, 0.05) is 17.1 Å². The van der Waals surface area contributed by atoms with E-state index < -0.39 is 0 Å². The second kappa shape index (κ2) is 8.35. The first-order valence-corrected chi connectivity index (χ1v) is 9.05. The molecule has 0 saturated heterocycles. The van der Waals surface area contributed by atoms with Gasteiger partial charge in [-0.3, -0.25) is 9.78 Å². The Morgan fingerprint density at radius 1 is 1.33 bits per heavy atom. The number of hydrogen-bond donors (Lipinski definition) is 1. The Kier molecular flexibility index (Phi) is 6.45. The minimum absolute atomic E-state index is 0.0164. The van der Waals surface area contributed by atoms with Crippen molar-refractivity contribution >= 4 is 17.2 Å². The quantitative estimate of drug-likeness (QED) is 0.798. The summed E-state index contributed by atoms with van der Waals surface area (Å²) in [4.78, 5) is 23.3. The van der Waals surface area contributed by atoms with Crippen molar-refractivity contribution in [3.05, 3.63) is 35.5 Å². The number of thiazole rings is 1. The summed E-state index contributed by atoms with van der Waals surface area (Å²) in [6.45, 7) is 5.17. The van der Waals surface area contributed by atoms with Gasteiger partial charge in [-0.2, -0.15) is 0 Å². The van der Waals surface area contributed by atoms with Crippen LogP contribution in [0.1, 0.15) is 32.4 Å². The van der Waals surface area contributed by atoms with Crippen molar-refractivity contribution in [1.29, 1.82) is 0 Å². The molecular weight excluding hydrogens is 320 g/mol. The number of pyridine rings is 1. The SMILES string of the molecule is CN(C)CCCC(C)(C)NC(=O)Cc1csc(-c2ccccn2)n1. The molecule has 0 aliphatic heterocycles. The molecule has 1 N–H and O–H groups in total. The van der Waals surface area contributed by atoms with Gasteiger partial charge in [0.1, 0.15) is 5.01 Å². The van der Waals surface area contributed by atoms with Crippen LogP contribution in [0.25, 0.3) is 10.7 Å². The normalized spacial score (nSPS) is 11.7. The summed E-state index contributed by atoms with van der Waals surface area (Å²) in [5.74, 6) is 0.0164. The summed E-state index contributed by atoms with van der Waals surface area (Å²) in [5, 5.41) is 5.90. The molecule has 2 heterocycles. The third-order valence-corrected chi connectivity index (χ3v) is 4.58. The van der Waals surface area contributed by atoms with Gasteiger partial charge in [0.05, 0.1) is 17.8 Å². The number of nitrogens with one attached hydrogen (secondary N) is 1. The molecular formula is C18H26N4OS. The molecule has 0 aliphatic carbocycles. The van der Waals surface area contributed by atoms with Crippen LogP contribution in [0.5, 0.6) is 0 Å². The molecule has 24 heavy (non-hydrogen) atoms. The molecule has 0 unspecified atom stereocenters. The average molecular weight is 346 g/mol. The van der Waals surface area contributed by atoms with E-state index in [9.17, 15) is 4.79 Å². The minimum atomic E-state index is -0.201. The van der Waals surface area contributed by atoms with Crippen molar-refractivity contribution in [1.82, 2.24) is 20.2 Å². The third kappa shape index (κ3) is 6.02. The van der Waals surface area contributed by atoms with E-state index in [1.807, 2.05) is 23.6 Å². The highest BCUT2D eigenvalue weighted by Crippen LogP contribution is 2.21. The highest BCUT2D eigenvalue weighted by atomic mass is 32.1. The van der Waals surface area contributed by atoms with E-state index in [1.165, 1.54) is 11.3 Å². The van der Waals surface area contributed by atoms with E-state index in [2.05, 4.69) is 48.1 Å². The predicted molar refractivity (Wildman–Crippen MR) is 99.1 cm³/mol. The summed E-state index contributed by atoms with van der Waals surface area (Å²) < 4.78 is 0. The molecule has 1 amide bonds. The lowest BCUT2D eigenvalue weighted by Gasteiger charge is -2.27. The number of carbonyl (C=O) groups is 1. The fourth-order valence-electron chi connectivity index (χ4n) is 2.48. The highest BCUT2D eigenvalue weighted by Gasteiger charge is 2.20. The molecule has 0 spiro atoms. The van der Waals surface area contributed by atoms with Crippen LogP contribution in [0, 0.1) is 0 Å². The van der Waals surface area contributed by atoms with Crippen LogP contribution < -0.4 is 5.32 Å². The van der Waals surface area contributed by atoms with E-state index >= 15 is 0 Å². The average Bonchev–Trinajstić information content (AvgIpc) is 2.95. The van der Waals surface area contributed by atoms with Crippen LogP contribution in [0.4, 0.5) is 0 Å². The topological polar surface area (TPSA) is 58.1 Å². The summed E-state index contributed by atoms with van der Waals surface area (Å²) in [6.07, 6.45) is 4.06. The monoisotopic (exact) mass is 346 g/mol. The Balaban J connectivity index is 1.87. The molecule has 0 aromatic carbocycles. The highest BCUT2D eigenvalue weighted by molar-refractivity contribution is 7.13. The third-order valence-electron chi connectivity index (χ3n) is 3.66. The number of carbonyl (C=O) groups excluding carboxylic acids is 1. The molecule has 0 saturated carbocycles. The zero-order valence-electron chi connectivity index (χ0n) is 14.9. The van der Waals surface area contributed by atoms with Gasteiger partial charge in [-0.15, -0.1) is 11.3 Å². The van der Waals surface area contributed by atoms with Gasteiger partial charge in [0.2, 0.25) is 5.91 Å². The van der Waals surface area contributed by atoms with Crippen LogP contribution in [0.2, 0.25) is 0 Å². The second-order valence-electron chi connectivity index (χ2n) is 6.87. The van der Waals surface area contributed by atoms with Crippen molar-refractivity contribution < 1.29 is 4.79 Å². The predicted octanol–water partition coefficient (Wildman–Crippen LogP) is 2.98.